The van der Waals surface area contributed by atoms with Gasteiger partial charge in [0.15, 0.2) is 0 Å². The van der Waals surface area contributed by atoms with Crippen LogP contribution in [0.15, 0.2) is 30.5 Å². The molecule has 0 fully saturated rings. The van der Waals surface area contributed by atoms with Gasteiger partial charge in [0, 0.05) is 17.1 Å². The van der Waals surface area contributed by atoms with Gasteiger partial charge < -0.3 is 4.98 Å². The van der Waals surface area contributed by atoms with Crippen molar-refractivity contribution in [2.24, 2.45) is 0 Å². The van der Waals surface area contributed by atoms with E-state index in [1.54, 1.807) is 0 Å². The van der Waals surface area contributed by atoms with Crippen LogP contribution in [0.5, 0.6) is 0 Å². The molecule has 1 N–H and O–H groups in total. The van der Waals surface area contributed by atoms with Crippen molar-refractivity contribution in [2.75, 3.05) is 0 Å². The third-order valence-electron chi connectivity index (χ3n) is 2.28. The van der Waals surface area contributed by atoms with E-state index in [9.17, 15) is 0 Å². The number of H-pyrrole nitrogens is 1. The van der Waals surface area contributed by atoms with Crippen LogP contribution in [0.4, 0.5) is 0 Å². The van der Waals surface area contributed by atoms with Crippen LogP contribution >= 0.6 is 0 Å². The van der Waals surface area contributed by atoms with Crippen LogP contribution in [0, 0.1) is 11.3 Å². The average Bonchev–Trinajstić information content (AvgIpc) is 2.60. The fraction of sp³-hybridized carbons (Fsp3) is 0.182. The van der Waals surface area contributed by atoms with Crippen molar-refractivity contribution in [3.05, 3.63) is 36.0 Å². The maximum absolute atomic E-state index is 8.80. The molecule has 0 spiro atoms. The molecule has 1 aromatic carbocycles. The molecule has 1 heterocycles. The van der Waals surface area contributed by atoms with Crippen molar-refractivity contribution in [2.45, 2.75) is 12.8 Å². The molecule has 2 heteroatoms. The molecule has 1 atom stereocenters. The lowest BCUT2D eigenvalue weighted by molar-refractivity contribution is 0.993. The first-order valence-corrected chi connectivity index (χ1v) is 4.28. The summed E-state index contributed by atoms with van der Waals surface area (Å²) in [4.78, 5) is 3.15. The number of nitriles is 1. The van der Waals surface area contributed by atoms with Crippen molar-refractivity contribution in [3.63, 3.8) is 0 Å². The van der Waals surface area contributed by atoms with E-state index in [2.05, 4.69) is 11.1 Å². The molecule has 0 aliphatic carbocycles. The number of nitrogens with one attached hydrogen (secondary N) is 1. The molecular formula is C11H10N2. The van der Waals surface area contributed by atoms with Crippen LogP contribution in [0.3, 0.4) is 0 Å². The number of aromatic nitrogens is 1. The van der Waals surface area contributed by atoms with Gasteiger partial charge in [-0.15, -0.1) is 0 Å². The maximum atomic E-state index is 8.80. The summed E-state index contributed by atoms with van der Waals surface area (Å²) in [5, 5.41) is 9.95. The highest BCUT2D eigenvalue weighted by Gasteiger charge is 2.08. The highest BCUT2D eigenvalue weighted by molar-refractivity contribution is 5.83. The summed E-state index contributed by atoms with van der Waals surface area (Å²) in [5.74, 6) is -0.0452. The average molecular weight is 170 g/mol. The summed E-state index contributed by atoms with van der Waals surface area (Å²) in [6, 6.07) is 10.3. The van der Waals surface area contributed by atoms with Gasteiger partial charge in [-0.2, -0.15) is 5.26 Å². The van der Waals surface area contributed by atoms with E-state index < -0.39 is 0 Å². The highest BCUT2D eigenvalue weighted by Crippen LogP contribution is 2.24. The molecule has 0 aliphatic heterocycles. The van der Waals surface area contributed by atoms with Gasteiger partial charge in [-0.3, -0.25) is 0 Å². The van der Waals surface area contributed by atoms with Crippen molar-refractivity contribution in [3.8, 4) is 6.07 Å². The SMILES string of the molecule is C[C@H](C#N)c1c[nH]c2ccccc12. The number of fused-ring (bicyclic) bond motifs is 1. The molecule has 2 rings (SSSR count). The molecule has 2 aromatic rings. The van der Waals surface area contributed by atoms with E-state index >= 15 is 0 Å². The lowest BCUT2D eigenvalue weighted by Gasteiger charge is -1.98. The predicted molar refractivity (Wildman–Crippen MR) is 52.3 cm³/mol. The second kappa shape index (κ2) is 2.95. The Balaban J connectivity index is 2.66. The van der Waals surface area contributed by atoms with Crippen LogP contribution in [-0.2, 0) is 0 Å². The Labute approximate surface area is 76.8 Å². The first-order valence-electron chi connectivity index (χ1n) is 4.28. The van der Waals surface area contributed by atoms with Gasteiger partial charge in [0.1, 0.15) is 0 Å². The van der Waals surface area contributed by atoms with E-state index in [0.717, 1.165) is 16.5 Å². The standard InChI is InChI=1S/C11H10N2/c1-8(6-12)10-7-13-11-5-3-2-4-9(10)11/h2-5,7-8,13H,1H3/t8-/m1/s1. The van der Waals surface area contributed by atoms with Crippen LogP contribution in [0.1, 0.15) is 18.4 Å². The first kappa shape index (κ1) is 7.88. The third kappa shape index (κ3) is 1.19. The number of rotatable bonds is 1. The molecule has 1 aromatic heterocycles. The fourth-order valence-corrected chi connectivity index (χ4v) is 1.52. The molecular weight excluding hydrogens is 160 g/mol. The molecule has 0 bridgehead atoms. The van der Waals surface area contributed by atoms with Crippen molar-refractivity contribution < 1.29 is 0 Å². The van der Waals surface area contributed by atoms with Crippen LogP contribution in [0.25, 0.3) is 10.9 Å². The molecule has 0 radical (unpaired) electrons. The lowest BCUT2D eigenvalue weighted by Crippen LogP contribution is -1.85. The Hall–Kier alpha value is -1.75. The van der Waals surface area contributed by atoms with Crippen molar-refractivity contribution >= 4 is 10.9 Å². The van der Waals surface area contributed by atoms with Gasteiger partial charge in [0.25, 0.3) is 0 Å². The molecule has 0 saturated carbocycles. The van der Waals surface area contributed by atoms with Gasteiger partial charge in [-0.05, 0) is 18.6 Å². The van der Waals surface area contributed by atoms with Gasteiger partial charge in [-0.1, -0.05) is 18.2 Å². The zero-order valence-electron chi connectivity index (χ0n) is 7.41. The van der Waals surface area contributed by atoms with Gasteiger partial charge in [0.2, 0.25) is 0 Å². The molecule has 0 unspecified atom stereocenters. The smallest absolute Gasteiger partial charge is 0.0705 e. The second-order valence-corrected chi connectivity index (χ2v) is 3.14. The number of aromatic amines is 1. The number of nitrogens with zero attached hydrogens (tertiary/aromatic N) is 1. The van der Waals surface area contributed by atoms with E-state index in [1.807, 2.05) is 37.4 Å². The first-order chi connectivity index (χ1) is 6.33. The Morgan fingerprint density at radius 2 is 2.15 bits per heavy atom. The summed E-state index contributed by atoms with van der Waals surface area (Å²) in [6.45, 7) is 1.91. The summed E-state index contributed by atoms with van der Waals surface area (Å²) in [7, 11) is 0. The monoisotopic (exact) mass is 170 g/mol. The van der Waals surface area contributed by atoms with Gasteiger partial charge >= 0.3 is 0 Å². The van der Waals surface area contributed by atoms with Gasteiger partial charge in [0.05, 0.1) is 12.0 Å². The number of hydrogen-bond acceptors (Lipinski definition) is 1. The second-order valence-electron chi connectivity index (χ2n) is 3.14. The Morgan fingerprint density at radius 3 is 2.92 bits per heavy atom. The van der Waals surface area contributed by atoms with Crippen LogP contribution in [0.2, 0.25) is 0 Å². The van der Waals surface area contributed by atoms with Crippen molar-refractivity contribution in [1.82, 2.24) is 4.98 Å². The minimum Gasteiger partial charge on any atom is -0.361 e. The number of para-hydroxylation sites is 1. The van der Waals surface area contributed by atoms with E-state index in [0.29, 0.717) is 0 Å². The quantitative estimate of drug-likeness (QED) is 0.702. The zero-order chi connectivity index (χ0) is 9.26. The minimum absolute atomic E-state index is 0.0452. The Bertz CT molecular complexity index is 462. The molecule has 0 aliphatic rings. The zero-order valence-corrected chi connectivity index (χ0v) is 7.41. The molecule has 2 nitrogen and oxygen atoms in total. The van der Waals surface area contributed by atoms with E-state index in [1.165, 1.54) is 0 Å². The molecule has 13 heavy (non-hydrogen) atoms. The third-order valence-corrected chi connectivity index (χ3v) is 2.28. The summed E-state index contributed by atoms with van der Waals surface area (Å²) < 4.78 is 0. The van der Waals surface area contributed by atoms with Crippen molar-refractivity contribution in [1.29, 1.82) is 5.26 Å². The predicted octanol–water partition coefficient (Wildman–Crippen LogP) is 2.79. The fourth-order valence-electron chi connectivity index (χ4n) is 1.52. The molecule has 0 saturated heterocycles. The van der Waals surface area contributed by atoms with Crippen LogP contribution < -0.4 is 0 Å². The van der Waals surface area contributed by atoms with Gasteiger partial charge in [-0.25, -0.2) is 0 Å². The minimum atomic E-state index is -0.0452. The highest BCUT2D eigenvalue weighted by atomic mass is 14.7. The summed E-state index contributed by atoms with van der Waals surface area (Å²) in [5.41, 5.74) is 2.18. The van der Waals surface area contributed by atoms with Crippen LogP contribution in [-0.4, -0.2) is 4.98 Å². The van der Waals surface area contributed by atoms with E-state index in [-0.39, 0.29) is 5.92 Å². The normalized spacial score (nSPS) is 12.6. The number of hydrogen-bond donors (Lipinski definition) is 1. The Morgan fingerprint density at radius 1 is 1.38 bits per heavy atom. The topological polar surface area (TPSA) is 39.6 Å². The lowest BCUT2D eigenvalue weighted by atomic mass is 10.0. The van der Waals surface area contributed by atoms with E-state index in [4.69, 9.17) is 5.26 Å². The molecule has 64 valence electrons. The Kier molecular flexibility index (Phi) is 1.79. The largest absolute Gasteiger partial charge is 0.361 e. The summed E-state index contributed by atoms with van der Waals surface area (Å²) >= 11 is 0. The summed E-state index contributed by atoms with van der Waals surface area (Å²) in [6.07, 6.45) is 1.92. The number of benzene rings is 1. The molecule has 0 amide bonds. The maximum Gasteiger partial charge on any atom is 0.0705 e.